The zero-order valence-electron chi connectivity index (χ0n) is 10.2. The summed E-state index contributed by atoms with van der Waals surface area (Å²) in [6.07, 6.45) is 0.888. The van der Waals surface area contributed by atoms with E-state index in [1.165, 1.54) is 11.3 Å². The van der Waals surface area contributed by atoms with E-state index in [1.54, 1.807) is 0 Å². The lowest BCUT2D eigenvalue weighted by atomic mass is 10.1. The second-order valence-corrected chi connectivity index (χ2v) is 6.37. The molecule has 2 nitrogen and oxygen atoms in total. The van der Waals surface area contributed by atoms with Crippen LogP contribution in [0, 0.1) is 12.8 Å². The van der Waals surface area contributed by atoms with Gasteiger partial charge in [0.2, 0.25) is 0 Å². The number of rotatable bonds is 5. The minimum Gasteiger partial charge on any atom is -0.350 e. The summed E-state index contributed by atoms with van der Waals surface area (Å²) in [5.74, 6) is 0.393. The summed E-state index contributed by atoms with van der Waals surface area (Å²) in [6.45, 7) is 6.58. The summed E-state index contributed by atoms with van der Waals surface area (Å²) in [7, 11) is 0. The standard InChI is InChI=1S/C12H17Cl2NOS/c1-7(2)4-9(13)5-15-12(16)11-10(14)8(3)6-17-11/h6-7,9H,4-5H2,1-3H3,(H,15,16). The van der Waals surface area contributed by atoms with Gasteiger partial charge in [0.15, 0.2) is 0 Å². The first kappa shape index (κ1) is 14.8. The third kappa shape index (κ3) is 4.49. The molecule has 1 atom stereocenters. The zero-order chi connectivity index (χ0) is 13.0. The maximum atomic E-state index is 11.8. The van der Waals surface area contributed by atoms with Gasteiger partial charge < -0.3 is 5.32 Å². The molecular weight excluding hydrogens is 277 g/mol. The van der Waals surface area contributed by atoms with Crippen LogP contribution in [-0.4, -0.2) is 17.8 Å². The first-order valence-electron chi connectivity index (χ1n) is 5.57. The summed E-state index contributed by atoms with van der Waals surface area (Å²) in [5.41, 5.74) is 0.937. The van der Waals surface area contributed by atoms with Gasteiger partial charge in [-0.25, -0.2) is 0 Å². The number of hydrogen-bond donors (Lipinski definition) is 1. The molecule has 0 spiro atoms. The Labute approximate surface area is 116 Å². The van der Waals surface area contributed by atoms with Gasteiger partial charge >= 0.3 is 0 Å². The highest BCUT2D eigenvalue weighted by molar-refractivity contribution is 7.13. The molecule has 0 fully saturated rings. The minimum absolute atomic E-state index is 0.0289. The largest absolute Gasteiger partial charge is 0.350 e. The maximum absolute atomic E-state index is 11.8. The van der Waals surface area contributed by atoms with Gasteiger partial charge in [-0.3, -0.25) is 4.79 Å². The molecule has 0 aliphatic carbocycles. The van der Waals surface area contributed by atoms with Gasteiger partial charge in [0.1, 0.15) is 4.88 Å². The SMILES string of the molecule is Cc1csc(C(=O)NCC(Cl)CC(C)C)c1Cl. The molecule has 0 saturated heterocycles. The number of nitrogens with one attached hydrogen (secondary N) is 1. The molecule has 0 aliphatic rings. The molecule has 1 rings (SSSR count). The Hall–Kier alpha value is -0.250. The van der Waals surface area contributed by atoms with Gasteiger partial charge in [0.05, 0.1) is 10.4 Å². The van der Waals surface area contributed by atoms with Crippen molar-refractivity contribution in [2.24, 2.45) is 5.92 Å². The second-order valence-electron chi connectivity index (χ2n) is 4.50. The number of amides is 1. The van der Waals surface area contributed by atoms with Gasteiger partial charge in [-0.15, -0.1) is 22.9 Å². The molecule has 0 aliphatic heterocycles. The lowest BCUT2D eigenvalue weighted by Gasteiger charge is -2.12. The van der Waals surface area contributed by atoms with Gasteiger partial charge in [-0.1, -0.05) is 25.4 Å². The Morgan fingerprint density at radius 3 is 2.65 bits per heavy atom. The minimum atomic E-state index is -0.137. The van der Waals surface area contributed by atoms with Gasteiger partial charge in [-0.05, 0) is 30.2 Å². The lowest BCUT2D eigenvalue weighted by molar-refractivity contribution is 0.0957. The molecule has 5 heteroatoms. The fourth-order valence-corrected chi connectivity index (χ4v) is 3.09. The normalized spacial score (nSPS) is 12.8. The van der Waals surface area contributed by atoms with Crippen LogP contribution in [0.2, 0.25) is 5.02 Å². The average Bonchev–Trinajstić information content (AvgIpc) is 2.55. The zero-order valence-corrected chi connectivity index (χ0v) is 12.5. The van der Waals surface area contributed by atoms with E-state index >= 15 is 0 Å². The van der Waals surface area contributed by atoms with Gasteiger partial charge in [0.25, 0.3) is 5.91 Å². The highest BCUT2D eigenvalue weighted by Gasteiger charge is 2.15. The van der Waals surface area contributed by atoms with Crippen molar-refractivity contribution in [1.29, 1.82) is 0 Å². The Balaban J connectivity index is 2.48. The summed E-state index contributed by atoms with van der Waals surface area (Å²) in [5, 5.41) is 5.21. The molecule has 0 aromatic carbocycles. The molecule has 1 aromatic rings. The summed E-state index contributed by atoms with van der Waals surface area (Å²) in [4.78, 5) is 12.4. The Bertz CT molecular complexity index is 390. The fraction of sp³-hybridized carbons (Fsp3) is 0.583. The number of carbonyl (C=O) groups is 1. The van der Waals surface area contributed by atoms with Crippen molar-refractivity contribution < 1.29 is 4.79 Å². The molecule has 1 heterocycles. The Morgan fingerprint density at radius 2 is 2.18 bits per heavy atom. The van der Waals surface area contributed by atoms with E-state index < -0.39 is 0 Å². The predicted octanol–water partition coefficient (Wildman–Crippen LogP) is 4.09. The Morgan fingerprint density at radius 1 is 1.53 bits per heavy atom. The monoisotopic (exact) mass is 293 g/mol. The van der Waals surface area contributed by atoms with E-state index in [0.29, 0.717) is 22.4 Å². The van der Waals surface area contributed by atoms with E-state index in [4.69, 9.17) is 23.2 Å². The van der Waals surface area contributed by atoms with Crippen LogP contribution in [0.4, 0.5) is 0 Å². The Kier molecular flexibility index (Phi) is 5.77. The van der Waals surface area contributed by atoms with Crippen LogP contribution in [0.3, 0.4) is 0 Å². The van der Waals surface area contributed by atoms with Gasteiger partial charge in [-0.2, -0.15) is 0 Å². The van der Waals surface area contributed by atoms with Crippen molar-refractivity contribution in [3.8, 4) is 0 Å². The molecule has 0 saturated carbocycles. The first-order valence-corrected chi connectivity index (χ1v) is 7.27. The molecule has 1 unspecified atom stereocenters. The number of alkyl halides is 1. The molecule has 17 heavy (non-hydrogen) atoms. The van der Waals surface area contributed by atoms with Crippen molar-refractivity contribution in [2.45, 2.75) is 32.6 Å². The number of halogens is 2. The quantitative estimate of drug-likeness (QED) is 0.814. The van der Waals surface area contributed by atoms with Crippen LogP contribution in [-0.2, 0) is 0 Å². The van der Waals surface area contributed by atoms with Crippen LogP contribution >= 0.6 is 34.5 Å². The van der Waals surface area contributed by atoms with Crippen LogP contribution < -0.4 is 5.32 Å². The number of aryl methyl sites for hydroxylation is 1. The number of thiophene rings is 1. The third-order valence-corrected chi connectivity index (χ3v) is 4.34. The smallest absolute Gasteiger partial charge is 0.262 e. The van der Waals surface area contributed by atoms with E-state index in [0.717, 1.165) is 12.0 Å². The van der Waals surface area contributed by atoms with Crippen molar-refractivity contribution in [1.82, 2.24) is 5.32 Å². The van der Waals surface area contributed by atoms with E-state index in [-0.39, 0.29) is 11.3 Å². The molecule has 1 N–H and O–H groups in total. The van der Waals surface area contributed by atoms with Gasteiger partial charge in [0, 0.05) is 6.54 Å². The van der Waals surface area contributed by atoms with Crippen molar-refractivity contribution in [2.75, 3.05) is 6.54 Å². The number of hydrogen-bond acceptors (Lipinski definition) is 2. The highest BCUT2D eigenvalue weighted by Crippen LogP contribution is 2.26. The van der Waals surface area contributed by atoms with Crippen LogP contribution in [0.25, 0.3) is 0 Å². The molecule has 1 amide bonds. The fourth-order valence-electron chi connectivity index (χ4n) is 1.46. The first-order chi connectivity index (χ1) is 7.91. The van der Waals surface area contributed by atoms with Crippen LogP contribution in [0.5, 0.6) is 0 Å². The van der Waals surface area contributed by atoms with Crippen molar-refractivity contribution in [3.05, 3.63) is 20.8 Å². The lowest BCUT2D eigenvalue weighted by Crippen LogP contribution is -2.30. The highest BCUT2D eigenvalue weighted by atomic mass is 35.5. The van der Waals surface area contributed by atoms with E-state index in [2.05, 4.69) is 19.2 Å². The second kappa shape index (κ2) is 6.62. The summed E-state index contributed by atoms with van der Waals surface area (Å²) in [6, 6.07) is 0. The van der Waals surface area contributed by atoms with Crippen molar-refractivity contribution in [3.63, 3.8) is 0 Å². The topological polar surface area (TPSA) is 29.1 Å². The molecule has 96 valence electrons. The summed E-state index contributed by atoms with van der Waals surface area (Å²) >= 11 is 13.5. The summed E-state index contributed by atoms with van der Waals surface area (Å²) < 4.78 is 0. The molecule has 1 aromatic heterocycles. The average molecular weight is 294 g/mol. The van der Waals surface area contributed by atoms with Crippen LogP contribution in [0.1, 0.15) is 35.5 Å². The molecule has 0 bridgehead atoms. The third-order valence-electron chi connectivity index (χ3n) is 2.32. The predicted molar refractivity (Wildman–Crippen MR) is 75.5 cm³/mol. The molecular formula is C12H17Cl2NOS. The maximum Gasteiger partial charge on any atom is 0.262 e. The van der Waals surface area contributed by atoms with E-state index in [1.807, 2.05) is 12.3 Å². The van der Waals surface area contributed by atoms with Crippen LogP contribution in [0.15, 0.2) is 5.38 Å². The van der Waals surface area contributed by atoms with Crippen molar-refractivity contribution >= 4 is 40.4 Å². The molecule has 0 radical (unpaired) electrons. The number of carbonyl (C=O) groups excluding carboxylic acids is 1. The van der Waals surface area contributed by atoms with E-state index in [9.17, 15) is 4.79 Å².